The zero-order valence-electron chi connectivity index (χ0n) is 15.7. The Morgan fingerprint density at radius 2 is 1.68 bits per heavy atom. The number of hydrogen-bond donors (Lipinski definition) is 1. The lowest BCUT2D eigenvalue weighted by Gasteiger charge is -2.18. The Bertz CT molecular complexity index is 1030. The normalized spacial score (nSPS) is 12.0. The SMILES string of the molecule is COc1ccc(Oc2coc3cc(OC(C(=O)O)C(C)C)ccc3c2=O)cc1. The minimum atomic E-state index is -1.06. The Hall–Kier alpha value is -3.48. The lowest BCUT2D eigenvalue weighted by Crippen LogP contribution is -2.32. The van der Waals surface area contributed by atoms with E-state index in [-0.39, 0.29) is 22.7 Å². The number of hydrogen-bond acceptors (Lipinski definition) is 6. The van der Waals surface area contributed by atoms with Gasteiger partial charge in [0, 0.05) is 12.0 Å². The summed E-state index contributed by atoms with van der Waals surface area (Å²) in [4.78, 5) is 24.0. The second-order valence-electron chi connectivity index (χ2n) is 6.49. The first kappa shape index (κ1) is 19.3. The molecular formula is C21H20O7. The number of carboxylic acid groups (broad SMARTS) is 1. The molecule has 0 fully saturated rings. The van der Waals surface area contributed by atoms with E-state index in [0.29, 0.717) is 22.6 Å². The molecule has 0 aliphatic heterocycles. The van der Waals surface area contributed by atoms with Crippen molar-refractivity contribution in [3.63, 3.8) is 0 Å². The molecule has 1 aromatic heterocycles. The van der Waals surface area contributed by atoms with Gasteiger partial charge < -0.3 is 23.7 Å². The second kappa shape index (κ2) is 8.04. The zero-order valence-corrected chi connectivity index (χ0v) is 15.7. The molecule has 0 saturated carbocycles. The molecule has 0 radical (unpaired) electrons. The summed E-state index contributed by atoms with van der Waals surface area (Å²) < 4.78 is 21.7. The van der Waals surface area contributed by atoms with Gasteiger partial charge in [-0.05, 0) is 36.4 Å². The summed E-state index contributed by atoms with van der Waals surface area (Å²) in [6.07, 6.45) is 0.220. The molecule has 1 unspecified atom stereocenters. The van der Waals surface area contributed by atoms with Gasteiger partial charge in [0.2, 0.25) is 11.2 Å². The van der Waals surface area contributed by atoms with E-state index in [0.717, 1.165) is 0 Å². The predicted molar refractivity (Wildman–Crippen MR) is 102 cm³/mol. The van der Waals surface area contributed by atoms with Crippen LogP contribution in [0.4, 0.5) is 0 Å². The predicted octanol–water partition coefficient (Wildman–Crippen LogP) is 4.08. The minimum absolute atomic E-state index is 0.0388. The molecule has 28 heavy (non-hydrogen) atoms. The number of ether oxygens (including phenoxy) is 3. The van der Waals surface area contributed by atoms with E-state index < -0.39 is 12.1 Å². The molecule has 146 valence electrons. The fourth-order valence-corrected chi connectivity index (χ4v) is 2.62. The largest absolute Gasteiger partial charge is 0.497 e. The lowest BCUT2D eigenvalue weighted by molar-refractivity contribution is -0.147. The third kappa shape index (κ3) is 4.09. The Kier molecular flexibility index (Phi) is 5.54. The van der Waals surface area contributed by atoms with E-state index >= 15 is 0 Å². The van der Waals surface area contributed by atoms with Gasteiger partial charge in [0.15, 0.2) is 6.10 Å². The Balaban J connectivity index is 1.87. The monoisotopic (exact) mass is 384 g/mol. The minimum Gasteiger partial charge on any atom is -0.497 e. The molecular weight excluding hydrogens is 364 g/mol. The molecule has 1 heterocycles. The molecule has 1 atom stereocenters. The first-order valence-corrected chi connectivity index (χ1v) is 8.66. The van der Waals surface area contributed by atoms with E-state index in [1.165, 1.54) is 24.5 Å². The molecule has 2 aromatic carbocycles. The summed E-state index contributed by atoms with van der Waals surface area (Å²) >= 11 is 0. The zero-order chi connectivity index (χ0) is 20.3. The van der Waals surface area contributed by atoms with Crippen LogP contribution >= 0.6 is 0 Å². The Morgan fingerprint density at radius 3 is 2.29 bits per heavy atom. The van der Waals surface area contributed by atoms with Gasteiger partial charge >= 0.3 is 5.97 Å². The van der Waals surface area contributed by atoms with Crippen molar-refractivity contribution in [2.24, 2.45) is 5.92 Å². The van der Waals surface area contributed by atoms with Crippen LogP contribution in [0.5, 0.6) is 23.0 Å². The van der Waals surface area contributed by atoms with Gasteiger partial charge in [-0.2, -0.15) is 0 Å². The van der Waals surface area contributed by atoms with Crippen LogP contribution in [0.3, 0.4) is 0 Å². The summed E-state index contributed by atoms with van der Waals surface area (Å²) in [7, 11) is 1.56. The van der Waals surface area contributed by atoms with Crippen LogP contribution in [-0.2, 0) is 4.79 Å². The summed E-state index contributed by atoms with van der Waals surface area (Å²) in [6.45, 7) is 3.51. The van der Waals surface area contributed by atoms with Crippen LogP contribution in [-0.4, -0.2) is 24.3 Å². The number of fused-ring (bicyclic) bond motifs is 1. The van der Waals surface area contributed by atoms with Gasteiger partial charge in [0.25, 0.3) is 0 Å². The maximum Gasteiger partial charge on any atom is 0.345 e. The summed E-state index contributed by atoms with van der Waals surface area (Å²) in [6, 6.07) is 11.3. The first-order valence-electron chi connectivity index (χ1n) is 8.66. The highest BCUT2D eigenvalue weighted by Gasteiger charge is 2.23. The van der Waals surface area contributed by atoms with Crippen molar-refractivity contribution in [1.29, 1.82) is 0 Å². The molecule has 0 aliphatic rings. The van der Waals surface area contributed by atoms with E-state index in [2.05, 4.69) is 0 Å². The number of carbonyl (C=O) groups is 1. The maximum atomic E-state index is 12.7. The van der Waals surface area contributed by atoms with Crippen molar-refractivity contribution in [3.05, 3.63) is 59.0 Å². The van der Waals surface area contributed by atoms with Crippen LogP contribution in [0.2, 0.25) is 0 Å². The second-order valence-corrected chi connectivity index (χ2v) is 6.49. The fourth-order valence-electron chi connectivity index (χ4n) is 2.62. The van der Waals surface area contributed by atoms with Crippen LogP contribution in [0.15, 0.2) is 57.9 Å². The molecule has 1 N–H and O–H groups in total. The molecule has 3 aromatic rings. The van der Waals surface area contributed by atoms with E-state index in [4.69, 9.17) is 18.6 Å². The van der Waals surface area contributed by atoms with Gasteiger partial charge in [-0.25, -0.2) is 4.79 Å². The molecule has 7 nitrogen and oxygen atoms in total. The molecule has 0 aliphatic carbocycles. The maximum absolute atomic E-state index is 12.7. The summed E-state index contributed by atoms with van der Waals surface area (Å²) in [5.41, 5.74) is -0.0697. The standard InChI is InChI=1S/C21H20O7/c1-12(2)20(21(23)24)28-15-8-9-16-17(10-15)26-11-18(19(16)22)27-14-6-4-13(25-3)5-7-14/h4-12,20H,1-3H3,(H,23,24). The smallest absolute Gasteiger partial charge is 0.345 e. The van der Waals surface area contributed by atoms with Crippen LogP contribution < -0.4 is 19.6 Å². The molecule has 0 saturated heterocycles. The van der Waals surface area contributed by atoms with Crippen LogP contribution in [0.25, 0.3) is 11.0 Å². The topological polar surface area (TPSA) is 95.2 Å². The number of carboxylic acids is 1. The van der Waals surface area contributed by atoms with Gasteiger partial charge in [0.1, 0.15) is 29.1 Å². The highest BCUT2D eigenvalue weighted by molar-refractivity contribution is 5.79. The highest BCUT2D eigenvalue weighted by atomic mass is 16.5. The van der Waals surface area contributed by atoms with Crippen molar-refractivity contribution in [2.75, 3.05) is 7.11 Å². The number of methoxy groups -OCH3 is 1. The molecule has 0 spiro atoms. The molecule has 0 amide bonds. The van der Waals surface area contributed by atoms with Crippen molar-refractivity contribution in [1.82, 2.24) is 0 Å². The van der Waals surface area contributed by atoms with Gasteiger partial charge in [-0.1, -0.05) is 13.8 Å². The number of rotatable bonds is 7. The summed E-state index contributed by atoms with van der Waals surface area (Å²) in [5, 5.41) is 9.55. The van der Waals surface area contributed by atoms with E-state index in [9.17, 15) is 14.7 Å². The van der Waals surface area contributed by atoms with E-state index in [1.807, 2.05) is 0 Å². The first-order chi connectivity index (χ1) is 13.4. The average Bonchev–Trinajstić information content (AvgIpc) is 2.68. The number of aliphatic carboxylic acids is 1. The Morgan fingerprint density at radius 1 is 1.04 bits per heavy atom. The molecule has 7 heteroatoms. The fraction of sp³-hybridized carbons (Fsp3) is 0.238. The molecule has 0 bridgehead atoms. The lowest BCUT2D eigenvalue weighted by atomic mass is 10.1. The van der Waals surface area contributed by atoms with Gasteiger partial charge in [-0.3, -0.25) is 4.79 Å². The van der Waals surface area contributed by atoms with Crippen molar-refractivity contribution < 1.29 is 28.5 Å². The third-order valence-electron chi connectivity index (χ3n) is 4.11. The van der Waals surface area contributed by atoms with E-state index in [1.54, 1.807) is 45.2 Å². The van der Waals surface area contributed by atoms with Gasteiger partial charge in [-0.15, -0.1) is 0 Å². The number of benzene rings is 2. The quantitative estimate of drug-likeness (QED) is 0.656. The third-order valence-corrected chi connectivity index (χ3v) is 4.11. The van der Waals surface area contributed by atoms with Crippen LogP contribution in [0, 0.1) is 5.92 Å². The molecule has 3 rings (SSSR count). The van der Waals surface area contributed by atoms with Gasteiger partial charge in [0.05, 0.1) is 12.5 Å². The van der Waals surface area contributed by atoms with Crippen molar-refractivity contribution in [2.45, 2.75) is 20.0 Å². The average molecular weight is 384 g/mol. The van der Waals surface area contributed by atoms with Crippen molar-refractivity contribution in [3.8, 4) is 23.0 Å². The van der Waals surface area contributed by atoms with Crippen molar-refractivity contribution >= 4 is 16.9 Å². The highest BCUT2D eigenvalue weighted by Crippen LogP contribution is 2.26. The van der Waals surface area contributed by atoms with Crippen LogP contribution in [0.1, 0.15) is 13.8 Å². The Labute approximate surface area is 161 Å². The summed E-state index contributed by atoms with van der Waals surface area (Å²) in [5.74, 6) is 0.206.